The Kier molecular flexibility index (Phi) is 7.08. The number of benzene rings is 7. The van der Waals surface area contributed by atoms with Gasteiger partial charge in [0.25, 0.3) is 0 Å². The van der Waals surface area contributed by atoms with E-state index >= 15 is 0 Å². The minimum absolute atomic E-state index is 0.131. The third-order valence-corrected chi connectivity index (χ3v) is 10.6. The summed E-state index contributed by atoms with van der Waals surface area (Å²) < 4.78 is 2.36. The van der Waals surface area contributed by atoms with Crippen LogP contribution in [0, 0.1) is 0 Å². The van der Waals surface area contributed by atoms with Crippen molar-refractivity contribution in [2.45, 2.75) is 19.3 Å². The van der Waals surface area contributed by atoms with Gasteiger partial charge in [0, 0.05) is 44.3 Å². The Labute approximate surface area is 308 Å². The molecule has 53 heavy (non-hydrogen) atoms. The van der Waals surface area contributed by atoms with Crippen molar-refractivity contribution in [2.24, 2.45) is 0 Å². The molecule has 0 saturated heterocycles. The van der Waals surface area contributed by atoms with Crippen molar-refractivity contribution >= 4 is 38.9 Å². The number of rotatable bonds is 5. The Balaban J connectivity index is 1.21. The predicted octanol–water partition coefficient (Wildman–Crippen LogP) is 12.1. The van der Waals surface area contributed by atoms with Gasteiger partial charge in [0.2, 0.25) is 0 Å². The van der Waals surface area contributed by atoms with E-state index < -0.39 is 0 Å². The molecule has 0 aliphatic carbocycles. The first-order valence-corrected chi connectivity index (χ1v) is 18.0. The van der Waals surface area contributed by atoms with E-state index in [1.807, 2.05) is 60.7 Å². The fourth-order valence-electron chi connectivity index (χ4n) is 8.03. The summed E-state index contributed by atoms with van der Waals surface area (Å²) in [6.45, 7) is 4.65. The molecule has 3 heterocycles. The van der Waals surface area contributed by atoms with E-state index in [9.17, 15) is 0 Å². The van der Waals surface area contributed by atoms with Crippen molar-refractivity contribution in [2.75, 3.05) is 4.90 Å². The van der Waals surface area contributed by atoms with Crippen molar-refractivity contribution in [3.05, 3.63) is 187 Å². The smallest absolute Gasteiger partial charge is 0.164 e. The Morgan fingerprint density at radius 2 is 0.849 bits per heavy atom. The largest absolute Gasteiger partial charge is 0.310 e. The molecule has 1 aliphatic heterocycles. The summed E-state index contributed by atoms with van der Waals surface area (Å²) in [5.74, 6) is 1.93. The number of fused-ring (bicyclic) bond motifs is 5. The molecular formula is C48H35N5. The summed E-state index contributed by atoms with van der Waals surface area (Å²) in [5.41, 5.74) is 12.2. The van der Waals surface area contributed by atoms with Crippen LogP contribution in [0.3, 0.4) is 0 Å². The van der Waals surface area contributed by atoms with Crippen LogP contribution in [0.5, 0.6) is 0 Å². The molecule has 7 aromatic carbocycles. The summed E-state index contributed by atoms with van der Waals surface area (Å²) in [5, 5.41) is 2.29. The molecular weight excluding hydrogens is 647 g/mol. The van der Waals surface area contributed by atoms with Gasteiger partial charge >= 0.3 is 0 Å². The molecule has 252 valence electrons. The fraction of sp³-hybridized carbons (Fsp3) is 0.0625. The molecule has 5 heteroatoms. The lowest BCUT2D eigenvalue weighted by Crippen LogP contribution is -2.30. The van der Waals surface area contributed by atoms with Crippen LogP contribution in [0.15, 0.2) is 176 Å². The van der Waals surface area contributed by atoms with Crippen LogP contribution < -0.4 is 4.90 Å². The van der Waals surface area contributed by atoms with Crippen molar-refractivity contribution in [1.29, 1.82) is 0 Å². The minimum atomic E-state index is -0.131. The highest BCUT2D eigenvalue weighted by Crippen LogP contribution is 2.52. The maximum Gasteiger partial charge on any atom is 0.164 e. The molecule has 0 N–H and O–H groups in total. The van der Waals surface area contributed by atoms with E-state index in [0.29, 0.717) is 17.5 Å². The van der Waals surface area contributed by atoms with Crippen LogP contribution in [-0.2, 0) is 5.41 Å². The Morgan fingerprint density at radius 1 is 0.396 bits per heavy atom. The first kappa shape index (κ1) is 30.9. The van der Waals surface area contributed by atoms with Crippen molar-refractivity contribution in [1.82, 2.24) is 19.5 Å². The predicted molar refractivity (Wildman–Crippen MR) is 217 cm³/mol. The van der Waals surface area contributed by atoms with Crippen molar-refractivity contribution in [3.63, 3.8) is 0 Å². The third-order valence-electron chi connectivity index (χ3n) is 10.6. The molecule has 0 saturated carbocycles. The van der Waals surface area contributed by atoms with Gasteiger partial charge in [-0.15, -0.1) is 0 Å². The third kappa shape index (κ3) is 5.04. The molecule has 0 bridgehead atoms. The monoisotopic (exact) mass is 681 g/mol. The fourth-order valence-corrected chi connectivity index (χ4v) is 8.03. The number of para-hydroxylation sites is 3. The molecule has 2 aromatic heterocycles. The first-order chi connectivity index (χ1) is 26.0. The lowest BCUT2D eigenvalue weighted by molar-refractivity contribution is 0.632. The van der Waals surface area contributed by atoms with Gasteiger partial charge in [-0.25, -0.2) is 15.0 Å². The highest BCUT2D eigenvalue weighted by molar-refractivity contribution is 6.12. The SMILES string of the molecule is CC1(C)c2ccccc2N(c2ccc3c(c2)c2cc(-c4nc(-c5ccccc5)nc(-c5ccccc5)n4)ccc2n3-c2ccccc2)c2ccccc21. The van der Waals surface area contributed by atoms with E-state index in [2.05, 4.69) is 139 Å². The normalized spacial score (nSPS) is 13.2. The van der Waals surface area contributed by atoms with Crippen molar-refractivity contribution < 1.29 is 0 Å². The van der Waals surface area contributed by atoms with E-state index in [0.717, 1.165) is 49.9 Å². The minimum Gasteiger partial charge on any atom is -0.310 e. The van der Waals surface area contributed by atoms with Gasteiger partial charge in [-0.1, -0.05) is 129 Å². The van der Waals surface area contributed by atoms with Gasteiger partial charge < -0.3 is 9.47 Å². The zero-order valence-electron chi connectivity index (χ0n) is 29.5. The Hall–Kier alpha value is -6.85. The average molecular weight is 682 g/mol. The van der Waals surface area contributed by atoms with Gasteiger partial charge in [-0.05, 0) is 71.8 Å². The quantitative estimate of drug-likeness (QED) is 0.181. The summed E-state index contributed by atoms with van der Waals surface area (Å²) in [6.07, 6.45) is 0. The zero-order valence-corrected chi connectivity index (χ0v) is 29.5. The standard InChI is InChI=1S/C48H35N5/c1-48(2)39-22-12-14-24-43(39)53(44-25-15-13-23-40(44)48)36-27-29-42-38(31-36)37-30-34(26-28-41(37)52(42)35-20-10-5-11-21-35)47-50-45(32-16-6-3-7-17-32)49-46(51-47)33-18-8-4-9-19-33/h3-31H,1-2H3. The van der Waals surface area contributed by atoms with Crippen LogP contribution in [0.4, 0.5) is 17.1 Å². The topological polar surface area (TPSA) is 46.8 Å². The van der Waals surface area contributed by atoms with E-state index in [1.54, 1.807) is 0 Å². The number of hydrogen-bond acceptors (Lipinski definition) is 4. The van der Waals surface area contributed by atoms with E-state index in [4.69, 9.17) is 15.0 Å². The molecule has 0 spiro atoms. The van der Waals surface area contributed by atoms with Gasteiger partial charge in [0.15, 0.2) is 17.5 Å². The number of nitrogens with zero attached hydrogens (tertiary/aromatic N) is 5. The van der Waals surface area contributed by atoms with Crippen LogP contribution >= 0.6 is 0 Å². The van der Waals surface area contributed by atoms with E-state index in [1.165, 1.54) is 22.5 Å². The molecule has 0 amide bonds. The highest BCUT2D eigenvalue weighted by atomic mass is 15.2. The second-order valence-electron chi connectivity index (χ2n) is 14.1. The van der Waals surface area contributed by atoms with Crippen LogP contribution in [0.1, 0.15) is 25.0 Å². The Bertz CT molecular complexity index is 2700. The number of hydrogen-bond donors (Lipinski definition) is 0. The second kappa shape index (κ2) is 12.1. The molecule has 0 radical (unpaired) electrons. The lowest BCUT2D eigenvalue weighted by Gasteiger charge is -2.42. The summed E-state index contributed by atoms with van der Waals surface area (Å²) in [7, 11) is 0. The molecule has 1 aliphatic rings. The van der Waals surface area contributed by atoms with E-state index in [-0.39, 0.29) is 5.41 Å². The molecule has 10 rings (SSSR count). The molecule has 0 unspecified atom stereocenters. The maximum absolute atomic E-state index is 5.07. The van der Waals surface area contributed by atoms with Crippen LogP contribution in [-0.4, -0.2) is 19.5 Å². The van der Waals surface area contributed by atoms with Crippen molar-refractivity contribution in [3.8, 4) is 39.9 Å². The van der Waals surface area contributed by atoms with Gasteiger partial charge in [-0.3, -0.25) is 0 Å². The number of aromatic nitrogens is 4. The Morgan fingerprint density at radius 3 is 1.42 bits per heavy atom. The van der Waals surface area contributed by atoms with Crippen LogP contribution in [0.2, 0.25) is 0 Å². The molecule has 9 aromatic rings. The number of anilines is 3. The summed E-state index contributed by atoms with van der Waals surface area (Å²) >= 11 is 0. The maximum atomic E-state index is 5.07. The second-order valence-corrected chi connectivity index (χ2v) is 14.1. The van der Waals surface area contributed by atoms with Gasteiger partial charge in [-0.2, -0.15) is 0 Å². The highest BCUT2D eigenvalue weighted by Gasteiger charge is 2.36. The van der Waals surface area contributed by atoms with Gasteiger partial charge in [0.05, 0.1) is 22.4 Å². The lowest BCUT2D eigenvalue weighted by atomic mass is 9.73. The van der Waals surface area contributed by atoms with Gasteiger partial charge in [0.1, 0.15) is 0 Å². The summed E-state index contributed by atoms with van der Waals surface area (Å²) in [6, 6.07) is 62.0. The molecule has 0 atom stereocenters. The zero-order chi connectivity index (χ0) is 35.5. The molecule has 5 nitrogen and oxygen atoms in total. The van der Waals surface area contributed by atoms with Crippen LogP contribution in [0.25, 0.3) is 61.7 Å². The molecule has 0 fully saturated rings. The first-order valence-electron chi connectivity index (χ1n) is 18.0. The summed E-state index contributed by atoms with van der Waals surface area (Å²) in [4.78, 5) is 17.5. The average Bonchev–Trinajstić information content (AvgIpc) is 3.55.